The van der Waals surface area contributed by atoms with Crippen LogP contribution in [0.2, 0.25) is 0 Å². The van der Waals surface area contributed by atoms with E-state index in [9.17, 15) is 0 Å². The van der Waals surface area contributed by atoms with Gasteiger partial charge in [-0.3, -0.25) is 0 Å². The van der Waals surface area contributed by atoms with E-state index in [0.717, 1.165) is 0 Å². The molecule has 0 amide bonds. The Balaban J connectivity index is 0. The topological polar surface area (TPSA) is 31.5 Å². The summed E-state index contributed by atoms with van der Waals surface area (Å²) in [5.41, 5.74) is 0. The van der Waals surface area contributed by atoms with Crippen LogP contribution >= 0.6 is 0 Å². The fourth-order valence-electron chi connectivity index (χ4n) is 0. The van der Waals surface area contributed by atoms with Crippen molar-refractivity contribution >= 4 is 0 Å². The second-order valence-corrected chi connectivity index (χ2v) is 0. The first-order valence-corrected chi connectivity index (χ1v) is 0. The van der Waals surface area contributed by atoms with Crippen molar-refractivity contribution in [3.05, 3.63) is 0 Å². The molecule has 0 aliphatic heterocycles. The summed E-state index contributed by atoms with van der Waals surface area (Å²) in [5, 5.41) is 0. The molecule has 0 saturated carbocycles. The predicted molar refractivity (Wildman–Crippen MR) is 3.61 cm³/mol. The van der Waals surface area contributed by atoms with Crippen LogP contribution in [0.1, 0.15) is 0 Å². The molecule has 0 aromatic heterocycles. The van der Waals surface area contributed by atoms with Gasteiger partial charge in [0.25, 0.3) is 0 Å². The van der Waals surface area contributed by atoms with Crippen LogP contribution in [-0.2, 0) is 56.0 Å². The van der Waals surface area contributed by atoms with Gasteiger partial charge in [0.15, 0.2) is 0 Å². The molecule has 0 fully saturated rings. The predicted octanol–water partition coefficient (Wildman–Crippen LogP) is -0.832. The molecule has 2 N–H and O–H groups in total. The van der Waals surface area contributed by atoms with Gasteiger partial charge < -0.3 is 5.48 Å². The molecule has 0 unspecified atom stereocenters. The van der Waals surface area contributed by atoms with E-state index in [1.807, 2.05) is 0 Å². The van der Waals surface area contributed by atoms with Gasteiger partial charge in [0, 0.05) is 56.0 Å². The van der Waals surface area contributed by atoms with E-state index in [-0.39, 0.29) is 61.5 Å². The summed E-state index contributed by atoms with van der Waals surface area (Å²) in [7, 11) is 0. The molecular formula is H2MnOZn2. The third-order valence-corrected chi connectivity index (χ3v) is 0. The molecule has 1 nitrogen and oxygen atoms in total. The van der Waals surface area contributed by atoms with Gasteiger partial charge in [-0.1, -0.05) is 0 Å². The van der Waals surface area contributed by atoms with Crippen LogP contribution in [0.15, 0.2) is 0 Å². The molecule has 0 saturated heterocycles. The van der Waals surface area contributed by atoms with Gasteiger partial charge >= 0.3 is 0 Å². The molecule has 0 spiro atoms. The number of hydrogen-bond acceptors (Lipinski definition) is 0. The van der Waals surface area contributed by atoms with Crippen LogP contribution in [0.5, 0.6) is 0 Å². The Morgan fingerprint density at radius 1 is 0.750 bits per heavy atom. The smallest absolute Gasteiger partial charge is 0 e. The van der Waals surface area contributed by atoms with Crippen molar-refractivity contribution in [1.29, 1.82) is 0 Å². The first-order chi connectivity index (χ1) is 0. The summed E-state index contributed by atoms with van der Waals surface area (Å²) in [6, 6.07) is 0. The van der Waals surface area contributed by atoms with Crippen LogP contribution in [-0.4, -0.2) is 5.48 Å². The monoisotopic (exact) mass is 201 g/mol. The standard InChI is InChI=1S/Mn.H2O.2Zn/h;1H2;;. The molecule has 0 aromatic rings. The number of rotatable bonds is 0. The molecule has 0 bridgehead atoms. The molecule has 4 heteroatoms. The van der Waals surface area contributed by atoms with E-state index in [1.165, 1.54) is 0 Å². The summed E-state index contributed by atoms with van der Waals surface area (Å²) >= 11 is 0. The van der Waals surface area contributed by atoms with E-state index in [4.69, 9.17) is 0 Å². The van der Waals surface area contributed by atoms with E-state index >= 15 is 0 Å². The molecule has 0 heterocycles. The minimum Gasteiger partial charge on any atom is -0.412 e. The Labute approximate surface area is 61.2 Å². The fraction of sp³-hybridized carbons (Fsp3) is 0. The van der Waals surface area contributed by atoms with Crippen molar-refractivity contribution in [2.75, 3.05) is 0 Å². The van der Waals surface area contributed by atoms with E-state index in [2.05, 4.69) is 0 Å². The summed E-state index contributed by atoms with van der Waals surface area (Å²) in [6.07, 6.45) is 0. The maximum absolute atomic E-state index is 0. The quantitative estimate of drug-likeness (QED) is 0.461. The second-order valence-electron chi connectivity index (χ2n) is 0. The van der Waals surface area contributed by atoms with Crippen molar-refractivity contribution in [2.45, 2.75) is 0 Å². The van der Waals surface area contributed by atoms with E-state index < -0.39 is 0 Å². The number of hydrogen-bond donors (Lipinski definition) is 0. The van der Waals surface area contributed by atoms with Crippen molar-refractivity contribution < 1.29 is 61.5 Å². The molecule has 1 radical (unpaired) electrons. The molecule has 0 aliphatic rings. The van der Waals surface area contributed by atoms with E-state index in [1.54, 1.807) is 0 Å². The molecule has 0 atom stereocenters. The zero-order valence-corrected chi connectivity index (χ0v) is 9.41. The maximum Gasteiger partial charge on any atom is 0 e. The first kappa shape index (κ1) is 42.9. The van der Waals surface area contributed by atoms with Crippen LogP contribution in [0.25, 0.3) is 0 Å². The minimum atomic E-state index is 0. The maximum atomic E-state index is 0. The summed E-state index contributed by atoms with van der Waals surface area (Å²) in [5.74, 6) is 0. The average Bonchev–Trinajstić information content (AvgIpc) is 0. The van der Waals surface area contributed by atoms with Crippen molar-refractivity contribution in [1.82, 2.24) is 0 Å². The molecule has 0 aliphatic carbocycles. The van der Waals surface area contributed by atoms with Gasteiger partial charge in [-0.2, -0.15) is 0 Å². The molecule has 4 heavy (non-hydrogen) atoms. The fourth-order valence-corrected chi connectivity index (χ4v) is 0. The third kappa shape index (κ3) is 9.29. The van der Waals surface area contributed by atoms with Crippen LogP contribution < -0.4 is 0 Å². The van der Waals surface area contributed by atoms with Crippen molar-refractivity contribution in [2.24, 2.45) is 0 Å². The van der Waals surface area contributed by atoms with Crippen LogP contribution in [0.4, 0.5) is 0 Å². The molecule has 0 rings (SSSR count). The van der Waals surface area contributed by atoms with Crippen molar-refractivity contribution in [3.63, 3.8) is 0 Å². The normalized spacial score (nSPS) is 0. The van der Waals surface area contributed by atoms with Gasteiger partial charge in [-0.15, -0.1) is 0 Å². The second kappa shape index (κ2) is 22.0. The van der Waals surface area contributed by atoms with Gasteiger partial charge in [0.2, 0.25) is 0 Å². The van der Waals surface area contributed by atoms with Crippen molar-refractivity contribution in [3.8, 4) is 0 Å². The van der Waals surface area contributed by atoms with Crippen LogP contribution in [0, 0.1) is 0 Å². The Morgan fingerprint density at radius 2 is 0.750 bits per heavy atom. The Morgan fingerprint density at radius 3 is 0.750 bits per heavy atom. The van der Waals surface area contributed by atoms with Gasteiger partial charge in [0.1, 0.15) is 0 Å². The molecular weight excluding hydrogens is 202 g/mol. The Hall–Kier alpha value is 1.73. The van der Waals surface area contributed by atoms with Gasteiger partial charge in [-0.05, 0) is 0 Å². The van der Waals surface area contributed by atoms with Crippen LogP contribution in [0.3, 0.4) is 0 Å². The minimum absolute atomic E-state index is 0. The van der Waals surface area contributed by atoms with Gasteiger partial charge in [0.05, 0.1) is 0 Å². The average molecular weight is 204 g/mol. The van der Waals surface area contributed by atoms with Gasteiger partial charge in [-0.25, -0.2) is 0 Å². The third-order valence-electron chi connectivity index (χ3n) is 0. The SMILES string of the molecule is O.[Mn].[Zn].[Zn]. The Bertz CT molecular complexity index is 6.00. The zero-order valence-electron chi connectivity index (χ0n) is 2.29. The molecule has 0 aromatic carbocycles. The first-order valence-electron chi connectivity index (χ1n) is 0. The Kier molecular flexibility index (Phi) is 236. The van der Waals surface area contributed by atoms with E-state index in [0.29, 0.717) is 0 Å². The summed E-state index contributed by atoms with van der Waals surface area (Å²) < 4.78 is 0. The largest absolute Gasteiger partial charge is 0.412 e. The summed E-state index contributed by atoms with van der Waals surface area (Å²) in [4.78, 5) is 0. The molecule has 19 valence electrons. The zero-order chi connectivity index (χ0) is 0. The summed E-state index contributed by atoms with van der Waals surface area (Å²) in [6.45, 7) is 0.